The number of hydrogen-bond donors (Lipinski definition) is 1. The number of amides is 3. The van der Waals surface area contributed by atoms with Gasteiger partial charge >= 0.3 is 12.2 Å². The summed E-state index contributed by atoms with van der Waals surface area (Å²) in [6.45, 7) is 9.99. The van der Waals surface area contributed by atoms with Crippen LogP contribution >= 0.6 is 0 Å². The number of carbonyl (C=O) groups excluding carboxylic acids is 3. The first-order valence-electron chi connectivity index (χ1n) is 12.0. The van der Waals surface area contributed by atoms with E-state index < -0.39 is 17.7 Å². The van der Waals surface area contributed by atoms with E-state index in [4.69, 9.17) is 14.2 Å². The number of hydrogen-bond acceptors (Lipinski definition) is 6. The van der Waals surface area contributed by atoms with Gasteiger partial charge in [0.25, 0.3) is 0 Å². The number of nitrogens with zero attached hydrogens (tertiary/aromatic N) is 2. The quantitative estimate of drug-likeness (QED) is 0.518. The van der Waals surface area contributed by atoms with E-state index >= 15 is 0 Å². The first-order chi connectivity index (χ1) is 16.2. The van der Waals surface area contributed by atoms with Crippen LogP contribution in [0.25, 0.3) is 0 Å². The fourth-order valence-corrected chi connectivity index (χ4v) is 3.40. The number of piperazine rings is 1. The molecule has 1 aliphatic rings. The summed E-state index contributed by atoms with van der Waals surface area (Å²) in [6, 6.07) is 8.97. The van der Waals surface area contributed by atoms with Gasteiger partial charge in [-0.15, -0.1) is 0 Å². The summed E-state index contributed by atoms with van der Waals surface area (Å²) in [5.41, 5.74) is 0.359. The molecule has 1 fully saturated rings. The van der Waals surface area contributed by atoms with Gasteiger partial charge in [-0.2, -0.15) is 0 Å². The van der Waals surface area contributed by atoms with Gasteiger partial charge in [-0.25, -0.2) is 9.59 Å². The summed E-state index contributed by atoms with van der Waals surface area (Å²) in [4.78, 5) is 41.0. The molecule has 0 radical (unpaired) electrons. The molecule has 0 aliphatic carbocycles. The minimum absolute atomic E-state index is 0.215. The molecule has 1 atom stereocenters. The van der Waals surface area contributed by atoms with E-state index in [1.54, 1.807) is 30.6 Å². The fourth-order valence-electron chi connectivity index (χ4n) is 3.40. The van der Waals surface area contributed by atoms with Crippen molar-refractivity contribution in [2.75, 3.05) is 39.4 Å². The third-order valence-corrected chi connectivity index (χ3v) is 5.22. The molecular formula is C25H39N3O6. The number of nitrogens with one attached hydrogen (secondary N) is 1. The first-order valence-corrected chi connectivity index (χ1v) is 12.0. The zero-order chi connectivity index (χ0) is 25.0. The van der Waals surface area contributed by atoms with Crippen LogP contribution in [0.5, 0.6) is 0 Å². The van der Waals surface area contributed by atoms with Gasteiger partial charge in [0.1, 0.15) is 11.6 Å². The Balaban J connectivity index is 1.90. The zero-order valence-electron chi connectivity index (χ0n) is 20.9. The van der Waals surface area contributed by atoms with Crippen molar-refractivity contribution in [3.63, 3.8) is 0 Å². The maximum atomic E-state index is 13.2. The SMILES string of the molecule is CCCCOC(=O)N1CCN(C(=O)[C@H](CCOCc2ccccc2)NC(=O)OC(C)(C)C)CC1. The average Bonchev–Trinajstić information content (AvgIpc) is 2.80. The minimum Gasteiger partial charge on any atom is -0.449 e. The molecule has 1 aromatic rings. The van der Waals surface area contributed by atoms with E-state index in [1.165, 1.54) is 0 Å². The van der Waals surface area contributed by atoms with Gasteiger partial charge in [0.15, 0.2) is 0 Å². The molecule has 34 heavy (non-hydrogen) atoms. The van der Waals surface area contributed by atoms with Crippen molar-refractivity contribution in [2.24, 2.45) is 0 Å². The lowest BCUT2D eigenvalue weighted by Gasteiger charge is -2.36. The van der Waals surface area contributed by atoms with Crippen molar-refractivity contribution in [1.29, 1.82) is 0 Å². The maximum Gasteiger partial charge on any atom is 0.409 e. The minimum atomic E-state index is -0.784. The molecule has 1 aromatic carbocycles. The van der Waals surface area contributed by atoms with E-state index in [0.29, 0.717) is 52.4 Å². The predicted molar refractivity (Wildman–Crippen MR) is 128 cm³/mol. The summed E-state index contributed by atoms with van der Waals surface area (Å²) >= 11 is 0. The van der Waals surface area contributed by atoms with E-state index in [0.717, 1.165) is 18.4 Å². The molecule has 190 valence electrons. The number of unbranched alkanes of at least 4 members (excludes halogenated alkanes) is 1. The van der Waals surface area contributed by atoms with Gasteiger partial charge in [-0.1, -0.05) is 43.7 Å². The highest BCUT2D eigenvalue weighted by atomic mass is 16.6. The Kier molecular flexibility index (Phi) is 11.1. The van der Waals surface area contributed by atoms with Crippen LogP contribution in [0.4, 0.5) is 9.59 Å². The second-order valence-electron chi connectivity index (χ2n) is 9.31. The normalized spacial score (nSPS) is 14.9. The van der Waals surface area contributed by atoms with Crippen molar-refractivity contribution in [2.45, 2.75) is 65.2 Å². The van der Waals surface area contributed by atoms with Gasteiger partial charge in [0.05, 0.1) is 13.2 Å². The molecular weight excluding hydrogens is 438 g/mol. The second kappa shape index (κ2) is 13.8. The third kappa shape index (κ3) is 9.99. The molecule has 0 bridgehead atoms. The van der Waals surface area contributed by atoms with Crippen molar-refractivity contribution in [1.82, 2.24) is 15.1 Å². The van der Waals surface area contributed by atoms with Gasteiger partial charge in [0.2, 0.25) is 5.91 Å². The van der Waals surface area contributed by atoms with E-state index in [9.17, 15) is 14.4 Å². The summed E-state index contributed by atoms with van der Waals surface area (Å²) in [6.07, 6.45) is 1.10. The van der Waals surface area contributed by atoms with Crippen molar-refractivity contribution in [3.05, 3.63) is 35.9 Å². The van der Waals surface area contributed by atoms with Gasteiger partial charge in [-0.3, -0.25) is 4.79 Å². The molecule has 3 amide bonds. The number of rotatable bonds is 10. The fraction of sp³-hybridized carbons (Fsp3) is 0.640. The molecule has 1 aliphatic heterocycles. The topological polar surface area (TPSA) is 97.4 Å². The Labute approximate surface area is 202 Å². The number of benzene rings is 1. The Hall–Kier alpha value is -2.81. The van der Waals surface area contributed by atoms with Gasteiger partial charge in [0, 0.05) is 39.2 Å². The second-order valence-corrected chi connectivity index (χ2v) is 9.31. The van der Waals surface area contributed by atoms with Gasteiger partial charge in [-0.05, 0) is 32.8 Å². The first kappa shape index (κ1) is 27.4. The smallest absolute Gasteiger partial charge is 0.409 e. The molecule has 1 heterocycles. The van der Waals surface area contributed by atoms with Crippen LogP contribution in [0, 0.1) is 0 Å². The summed E-state index contributed by atoms with van der Waals surface area (Å²) < 4.78 is 16.3. The largest absolute Gasteiger partial charge is 0.449 e. The average molecular weight is 478 g/mol. The molecule has 0 aromatic heterocycles. The molecule has 0 spiro atoms. The Bertz CT molecular complexity index is 773. The van der Waals surface area contributed by atoms with Crippen molar-refractivity contribution < 1.29 is 28.6 Å². The molecule has 0 saturated carbocycles. The highest BCUT2D eigenvalue weighted by Gasteiger charge is 2.31. The molecule has 1 N–H and O–H groups in total. The van der Waals surface area contributed by atoms with Crippen LogP contribution in [-0.2, 0) is 25.6 Å². The Morgan fingerprint density at radius 3 is 2.26 bits per heavy atom. The highest BCUT2D eigenvalue weighted by molar-refractivity contribution is 5.86. The van der Waals surface area contributed by atoms with E-state index in [-0.39, 0.29) is 12.0 Å². The number of ether oxygens (including phenoxy) is 3. The molecule has 9 nitrogen and oxygen atoms in total. The lowest BCUT2D eigenvalue weighted by atomic mass is 10.1. The van der Waals surface area contributed by atoms with E-state index in [2.05, 4.69) is 5.32 Å². The maximum absolute atomic E-state index is 13.2. The lowest BCUT2D eigenvalue weighted by molar-refractivity contribution is -0.135. The van der Waals surface area contributed by atoms with E-state index in [1.807, 2.05) is 37.3 Å². The summed E-state index contributed by atoms with van der Waals surface area (Å²) in [7, 11) is 0. The monoisotopic (exact) mass is 477 g/mol. The molecule has 1 saturated heterocycles. The van der Waals surface area contributed by atoms with Crippen molar-refractivity contribution in [3.8, 4) is 0 Å². The standard InChI is InChI=1S/C25H39N3O6/c1-5-6-17-33-24(31)28-15-13-27(14-16-28)22(29)21(26-23(30)34-25(2,3)4)12-18-32-19-20-10-8-7-9-11-20/h7-11,21H,5-6,12-19H2,1-4H3,(H,26,30)/t21-/m0/s1. The van der Waals surface area contributed by atoms with Crippen LogP contribution in [0.2, 0.25) is 0 Å². The lowest BCUT2D eigenvalue weighted by Crippen LogP contribution is -2.56. The van der Waals surface area contributed by atoms with Crippen molar-refractivity contribution >= 4 is 18.1 Å². The third-order valence-electron chi connectivity index (χ3n) is 5.22. The number of carbonyl (C=O) groups is 3. The molecule has 9 heteroatoms. The van der Waals surface area contributed by atoms with Crippen LogP contribution < -0.4 is 5.32 Å². The molecule has 2 rings (SSSR count). The molecule has 0 unspecified atom stereocenters. The van der Waals surface area contributed by atoms with Crippen LogP contribution in [-0.4, -0.2) is 78.9 Å². The van der Waals surface area contributed by atoms with Crippen LogP contribution in [0.1, 0.15) is 52.5 Å². The number of alkyl carbamates (subject to hydrolysis) is 1. The Morgan fingerprint density at radius 2 is 1.65 bits per heavy atom. The summed E-state index contributed by atoms with van der Waals surface area (Å²) in [5, 5.41) is 2.70. The summed E-state index contributed by atoms with van der Waals surface area (Å²) in [5.74, 6) is -0.215. The Morgan fingerprint density at radius 1 is 1.00 bits per heavy atom. The highest BCUT2D eigenvalue weighted by Crippen LogP contribution is 2.11. The predicted octanol–water partition coefficient (Wildman–Crippen LogP) is 3.57. The van der Waals surface area contributed by atoms with Crippen LogP contribution in [0.3, 0.4) is 0 Å². The van der Waals surface area contributed by atoms with Crippen LogP contribution in [0.15, 0.2) is 30.3 Å². The van der Waals surface area contributed by atoms with Gasteiger partial charge < -0.3 is 29.3 Å². The zero-order valence-corrected chi connectivity index (χ0v) is 20.9.